The maximum absolute atomic E-state index is 14.0. The number of nitrogens with zero attached hydrogens (tertiary/aromatic N) is 1. The lowest BCUT2D eigenvalue weighted by Gasteiger charge is -2.32. The SMILES string of the molecule is COc1cccc(C(C(=O)C(C)(C)C)c2cccc(-c3cccc(N(C(=O)C(C)(C)C)c4ccccc4OC)c3OC)c2)c1. The number of methoxy groups -OCH3 is 3. The van der Waals surface area contributed by atoms with Crippen LogP contribution in [0.4, 0.5) is 11.4 Å². The van der Waals surface area contributed by atoms with Gasteiger partial charge < -0.3 is 14.2 Å². The molecule has 6 nitrogen and oxygen atoms in total. The van der Waals surface area contributed by atoms with Gasteiger partial charge >= 0.3 is 0 Å². The summed E-state index contributed by atoms with van der Waals surface area (Å²) in [6.07, 6.45) is 0. The van der Waals surface area contributed by atoms with Gasteiger partial charge in [-0.05, 0) is 53.1 Å². The van der Waals surface area contributed by atoms with E-state index in [1.807, 2.05) is 133 Å². The summed E-state index contributed by atoms with van der Waals surface area (Å²) in [5, 5.41) is 0. The smallest absolute Gasteiger partial charge is 0.237 e. The Hall–Kier alpha value is -4.58. The first-order chi connectivity index (χ1) is 20.8. The number of carbonyl (C=O) groups excluding carboxylic acids is 2. The molecule has 1 atom stereocenters. The van der Waals surface area contributed by atoms with E-state index >= 15 is 0 Å². The molecule has 44 heavy (non-hydrogen) atoms. The largest absolute Gasteiger partial charge is 0.497 e. The lowest BCUT2D eigenvalue weighted by Crippen LogP contribution is -2.36. The molecule has 0 aromatic heterocycles. The molecule has 1 unspecified atom stereocenters. The Kier molecular flexibility index (Phi) is 9.53. The lowest BCUT2D eigenvalue weighted by atomic mass is 9.76. The van der Waals surface area contributed by atoms with Crippen molar-refractivity contribution in [1.82, 2.24) is 0 Å². The van der Waals surface area contributed by atoms with E-state index in [0.717, 1.165) is 22.3 Å². The van der Waals surface area contributed by atoms with E-state index < -0.39 is 16.7 Å². The van der Waals surface area contributed by atoms with Crippen LogP contribution in [-0.2, 0) is 9.59 Å². The Morgan fingerprint density at radius 2 is 1.25 bits per heavy atom. The quantitative estimate of drug-likeness (QED) is 0.194. The fraction of sp³-hybridized carbons (Fsp3) is 0.316. The highest BCUT2D eigenvalue weighted by molar-refractivity contribution is 6.06. The van der Waals surface area contributed by atoms with Crippen molar-refractivity contribution in [2.45, 2.75) is 47.5 Å². The van der Waals surface area contributed by atoms with Gasteiger partial charge in [-0.15, -0.1) is 0 Å². The zero-order valence-electron chi connectivity index (χ0n) is 27.2. The summed E-state index contributed by atoms with van der Waals surface area (Å²) in [5.41, 5.74) is 3.31. The van der Waals surface area contributed by atoms with Crippen molar-refractivity contribution in [3.8, 4) is 28.4 Å². The molecule has 0 bridgehead atoms. The second-order valence-electron chi connectivity index (χ2n) is 12.9. The van der Waals surface area contributed by atoms with Gasteiger partial charge in [0.25, 0.3) is 0 Å². The van der Waals surface area contributed by atoms with Gasteiger partial charge in [0.1, 0.15) is 17.3 Å². The number of hydrogen-bond donors (Lipinski definition) is 0. The van der Waals surface area contributed by atoms with Crippen molar-refractivity contribution in [1.29, 1.82) is 0 Å². The van der Waals surface area contributed by atoms with Crippen molar-refractivity contribution in [3.63, 3.8) is 0 Å². The normalized spacial score (nSPS) is 12.3. The van der Waals surface area contributed by atoms with Gasteiger partial charge in [0, 0.05) is 16.4 Å². The maximum atomic E-state index is 14.0. The van der Waals surface area contributed by atoms with E-state index in [1.165, 1.54) is 0 Å². The molecule has 0 saturated carbocycles. The Morgan fingerprint density at radius 1 is 0.636 bits per heavy atom. The molecular weight excluding hydrogens is 550 g/mol. The summed E-state index contributed by atoms with van der Waals surface area (Å²) >= 11 is 0. The summed E-state index contributed by atoms with van der Waals surface area (Å²) in [6.45, 7) is 11.5. The number of benzene rings is 4. The molecule has 0 saturated heterocycles. The molecule has 230 valence electrons. The average Bonchev–Trinajstić information content (AvgIpc) is 3.00. The third-order valence-electron chi connectivity index (χ3n) is 7.57. The van der Waals surface area contributed by atoms with Gasteiger partial charge in [0.2, 0.25) is 5.91 Å². The number of ether oxygens (including phenoxy) is 3. The molecule has 0 radical (unpaired) electrons. The summed E-state index contributed by atoms with van der Waals surface area (Å²) < 4.78 is 17.2. The van der Waals surface area contributed by atoms with Crippen LogP contribution in [-0.4, -0.2) is 33.0 Å². The summed E-state index contributed by atoms with van der Waals surface area (Å²) in [5.74, 6) is 1.28. The zero-order valence-corrected chi connectivity index (χ0v) is 27.2. The molecule has 0 N–H and O–H groups in total. The first kappa shape index (κ1) is 32.3. The average molecular weight is 594 g/mol. The molecule has 0 aliphatic carbocycles. The molecule has 0 aliphatic heterocycles. The number of amides is 1. The van der Waals surface area contributed by atoms with Crippen molar-refractivity contribution in [3.05, 3.63) is 102 Å². The standard InChI is InChI=1S/C38H43NO5/c1-37(2,3)35(40)33(27-17-13-18-28(24-27)42-7)26-16-12-15-25(23-26)29-19-14-21-31(34(29)44-9)39(36(41)38(4,5)6)30-20-10-11-22-32(30)43-8/h10-24,33H,1-9H3. The minimum atomic E-state index is -0.695. The number of rotatable bonds is 9. The Balaban J connectivity index is 1.93. The van der Waals surface area contributed by atoms with E-state index in [1.54, 1.807) is 26.2 Å². The van der Waals surface area contributed by atoms with Crippen LogP contribution in [0.25, 0.3) is 11.1 Å². The zero-order chi connectivity index (χ0) is 32.2. The molecule has 4 rings (SSSR count). The number of para-hydroxylation sites is 3. The van der Waals surface area contributed by atoms with E-state index in [9.17, 15) is 9.59 Å². The number of anilines is 2. The van der Waals surface area contributed by atoms with Crippen molar-refractivity contribution in [2.75, 3.05) is 26.2 Å². The molecular formula is C38H43NO5. The molecule has 4 aromatic rings. The van der Waals surface area contributed by atoms with Crippen molar-refractivity contribution >= 4 is 23.1 Å². The Labute approximate surface area is 261 Å². The van der Waals surface area contributed by atoms with Crippen LogP contribution in [0.15, 0.2) is 91.0 Å². The van der Waals surface area contributed by atoms with Crippen molar-refractivity contribution in [2.24, 2.45) is 10.8 Å². The van der Waals surface area contributed by atoms with Crippen LogP contribution in [0.2, 0.25) is 0 Å². The van der Waals surface area contributed by atoms with Crippen LogP contribution in [0.3, 0.4) is 0 Å². The van der Waals surface area contributed by atoms with Crippen LogP contribution in [0.5, 0.6) is 17.2 Å². The second kappa shape index (κ2) is 13.0. The van der Waals surface area contributed by atoms with Crippen LogP contribution < -0.4 is 19.1 Å². The number of ketones is 1. The summed E-state index contributed by atoms with van der Waals surface area (Å²) in [4.78, 5) is 29.7. The van der Waals surface area contributed by atoms with Crippen LogP contribution in [0, 0.1) is 10.8 Å². The Bertz CT molecular complexity index is 1640. The van der Waals surface area contributed by atoms with Gasteiger partial charge in [-0.25, -0.2) is 0 Å². The highest BCUT2D eigenvalue weighted by Crippen LogP contribution is 2.46. The fourth-order valence-electron chi connectivity index (χ4n) is 5.28. The first-order valence-electron chi connectivity index (χ1n) is 14.7. The molecule has 0 heterocycles. The van der Waals surface area contributed by atoms with Gasteiger partial charge in [0.15, 0.2) is 5.75 Å². The molecule has 0 fully saturated rings. The van der Waals surface area contributed by atoms with E-state index in [4.69, 9.17) is 14.2 Å². The van der Waals surface area contributed by atoms with E-state index in [2.05, 4.69) is 0 Å². The minimum absolute atomic E-state index is 0.0988. The number of carbonyl (C=O) groups is 2. The maximum Gasteiger partial charge on any atom is 0.237 e. The fourth-order valence-corrected chi connectivity index (χ4v) is 5.28. The van der Waals surface area contributed by atoms with Crippen LogP contribution in [0.1, 0.15) is 58.6 Å². The van der Waals surface area contributed by atoms with Gasteiger partial charge in [-0.2, -0.15) is 0 Å². The Morgan fingerprint density at radius 3 is 1.86 bits per heavy atom. The highest BCUT2D eigenvalue weighted by Gasteiger charge is 2.35. The van der Waals surface area contributed by atoms with Crippen molar-refractivity contribution < 1.29 is 23.8 Å². The third-order valence-corrected chi connectivity index (χ3v) is 7.57. The number of hydrogen-bond acceptors (Lipinski definition) is 5. The first-order valence-corrected chi connectivity index (χ1v) is 14.7. The predicted molar refractivity (Wildman–Crippen MR) is 177 cm³/mol. The molecule has 6 heteroatoms. The second-order valence-corrected chi connectivity index (χ2v) is 12.9. The topological polar surface area (TPSA) is 65.1 Å². The minimum Gasteiger partial charge on any atom is -0.497 e. The lowest BCUT2D eigenvalue weighted by molar-refractivity contribution is -0.127. The third kappa shape index (κ3) is 6.65. The monoisotopic (exact) mass is 593 g/mol. The molecule has 1 amide bonds. The van der Waals surface area contributed by atoms with Gasteiger partial charge in [0.05, 0.1) is 38.6 Å². The highest BCUT2D eigenvalue weighted by atomic mass is 16.5. The molecule has 4 aromatic carbocycles. The molecule has 0 spiro atoms. The molecule has 0 aliphatic rings. The summed E-state index contributed by atoms with van der Waals surface area (Å²) in [7, 11) is 4.82. The summed E-state index contributed by atoms with van der Waals surface area (Å²) in [6, 6.07) is 28.9. The predicted octanol–water partition coefficient (Wildman–Crippen LogP) is 8.84. The van der Waals surface area contributed by atoms with Gasteiger partial charge in [-0.1, -0.05) is 96.1 Å². The van der Waals surface area contributed by atoms with Gasteiger partial charge in [-0.3, -0.25) is 14.5 Å². The number of Topliss-reactive ketones (excluding diaryl/α,β-unsaturated/α-hetero) is 1. The van der Waals surface area contributed by atoms with E-state index in [-0.39, 0.29) is 11.7 Å². The van der Waals surface area contributed by atoms with E-state index in [0.29, 0.717) is 28.6 Å². The van der Waals surface area contributed by atoms with Crippen LogP contribution >= 0.6 is 0 Å².